The number of nitrogens with two attached hydrogens (primary N) is 1. The summed E-state index contributed by atoms with van der Waals surface area (Å²) in [5.41, 5.74) is 6.77. The zero-order valence-electron chi connectivity index (χ0n) is 10.2. The third-order valence-electron chi connectivity index (χ3n) is 3.87. The summed E-state index contributed by atoms with van der Waals surface area (Å²) in [6, 6.07) is 4.70. The first-order chi connectivity index (χ1) is 8.02. The van der Waals surface area contributed by atoms with Gasteiger partial charge in [-0.05, 0) is 55.4 Å². The number of benzene rings is 1. The molecule has 0 spiro atoms. The SMILES string of the molecule is CCC1CCC(N)(Cc2cc(Cl)ccc2F)C1. The predicted molar refractivity (Wildman–Crippen MR) is 69.7 cm³/mol. The van der Waals surface area contributed by atoms with E-state index in [2.05, 4.69) is 6.92 Å². The first-order valence-corrected chi connectivity index (χ1v) is 6.63. The molecule has 1 saturated carbocycles. The van der Waals surface area contributed by atoms with Crippen LogP contribution in [-0.2, 0) is 6.42 Å². The highest BCUT2D eigenvalue weighted by molar-refractivity contribution is 6.30. The lowest BCUT2D eigenvalue weighted by Gasteiger charge is -2.24. The van der Waals surface area contributed by atoms with Gasteiger partial charge in [-0.3, -0.25) is 0 Å². The molecule has 2 atom stereocenters. The van der Waals surface area contributed by atoms with Gasteiger partial charge >= 0.3 is 0 Å². The number of hydrogen-bond acceptors (Lipinski definition) is 1. The van der Waals surface area contributed by atoms with Crippen molar-refractivity contribution < 1.29 is 4.39 Å². The van der Waals surface area contributed by atoms with Gasteiger partial charge in [-0.15, -0.1) is 0 Å². The fourth-order valence-corrected chi connectivity index (χ4v) is 3.03. The molecule has 1 nitrogen and oxygen atoms in total. The van der Waals surface area contributed by atoms with Crippen molar-refractivity contribution in [2.24, 2.45) is 11.7 Å². The van der Waals surface area contributed by atoms with E-state index in [9.17, 15) is 4.39 Å². The van der Waals surface area contributed by atoms with Gasteiger partial charge in [0, 0.05) is 10.6 Å². The summed E-state index contributed by atoms with van der Waals surface area (Å²) in [6.45, 7) is 2.19. The minimum atomic E-state index is -0.244. The lowest BCUT2D eigenvalue weighted by molar-refractivity contribution is 0.400. The van der Waals surface area contributed by atoms with Crippen LogP contribution in [0.4, 0.5) is 4.39 Å². The number of halogens is 2. The van der Waals surface area contributed by atoms with Crippen LogP contribution in [0.2, 0.25) is 5.02 Å². The van der Waals surface area contributed by atoms with Gasteiger partial charge in [-0.25, -0.2) is 4.39 Å². The van der Waals surface area contributed by atoms with Crippen LogP contribution in [0.3, 0.4) is 0 Å². The van der Waals surface area contributed by atoms with E-state index in [-0.39, 0.29) is 11.4 Å². The fourth-order valence-electron chi connectivity index (χ4n) is 2.84. The van der Waals surface area contributed by atoms with Crippen LogP contribution in [0, 0.1) is 11.7 Å². The van der Waals surface area contributed by atoms with Crippen molar-refractivity contribution in [3.63, 3.8) is 0 Å². The minimum absolute atomic E-state index is 0.195. The molecule has 1 aromatic rings. The molecule has 0 aliphatic heterocycles. The molecule has 1 aromatic carbocycles. The molecule has 2 rings (SSSR count). The van der Waals surface area contributed by atoms with E-state index in [4.69, 9.17) is 17.3 Å². The topological polar surface area (TPSA) is 26.0 Å². The number of rotatable bonds is 3. The summed E-state index contributed by atoms with van der Waals surface area (Å²) in [7, 11) is 0. The van der Waals surface area contributed by atoms with Crippen molar-refractivity contribution in [1.82, 2.24) is 0 Å². The molecule has 3 heteroatoms. The third kappa shape index (κ3) is 2.99. The summed E-state index contributed by atoms with van der Waals surface area (Å²) in [5, 5.41) is 0.579. The van der Waals surface area contributed by atoms with E-state index in [1.165, 1.54) is 6.07 Å². The Balaban J connectivity index is 2.13. The molecule has 94 valence electrons. The van der Waals surface area contributed by atoms with Crippen LogP contribution in [0.5, 0.6) is 0 Å². The maximum atomic E-state index is 13.7. The molecule has 0 radical (unpaired) electrons. The Kier molecular flexibility index (Phi) is 3.74. The second kappa shape index (κ2) is 4.95. The van der Waals surface area contributed by atoms with Crippen LogP contribution in [0.15, 0.2) is 18.2 Å². The van der Waals surface area contributed by atoms with Crippen LogP contribution in [0.25, 0.3) is 0 Å². The Hall–Kier alpha value is -0.600. The minimum Gasteiger partial charge on any atom is -0.325 e. The van der Waals surface area contributed by atoms with Crippen LogP contribution in [0.1, 0.15) is 38.2 Å². The molecule has 2 N–H and O–H groups in total. The standard InChI is InChI=1S/C14H19ClFN/c1-2-10-5-6-14(17,8-10)9-11-7-12(15)3-4-13(11)16/h3-4,7,10H,2,5-6,8-9,17H2,1H3. The first kappa shape index (κ1) is 12.8. The van der Waals surface area contributed by atoms with Gasteiger partial charge in [-0.2, -0.15) is 0 Å². The van der Waals surface area contributed by atoms with Crippen molar-refractivity contribution in [3.8, 4) is 0 Å². The molecule has 1 aliphatic carbocycles. The molecule has 1 aliphatic rings. The van der Waals surface area contributed by atoms with E-state index >= 15 is 0 Å². The Morgan fingerprint density at radius 1 is 1.53 bits per heavy atom. The monoisotopic (exact) mass is 255 g/mol. The lowest BCUT2D eigenvalue weighted by atomic mass is 9.88. The van der Waals surface area contributed by atoms with Crippen molar-refractivity contribution >= 4 is 11.6 Å². The van der Waals surface area contributed by atoms with Gasteiger partial charge in [-0.1, -0.05) is 24.9 Å². The predicted octanol–water partition coefficient (Wildman–Crippen LogP) is 3.93. The second-order valence-electron chi connectivity index (χ2n) is 5.29. The van der Waals surface area contributed by atoms with E-state index in [0.717, 1.165) is 25.7 Å². The normalized spacial score (nSPS) is 28.6. The maximum absolute atomic E-state index is 13.7. The highest BCUT2D eigenvalue weighted by Crippen LogP contribution is 2.37. The largest absolute Gasteiger partial charge is 0.325 e. The molecule has 0 saturated heterocycles. The molecule has 0 heterocycles. The van der Waals surface area contributed by atoms with Crippen molar-refractivity contribution in [2.75, 3.05) is 0 Å². The van der Waals surface area contributed by atoms with Crippen LogP contribution >= 0.6 is 11.6 Å². The van der Waals surface area contributed by atoms with Gasteiger partial charge in [0.1, 0.15) is 5.82 Å². The molecule has 17 heavy (non-hydrogen) atoms. The van der Waals surface area contributed by atoms with Gasteiger partial charge in [0.15, 0.2) is 0 Å². The first-order valence-electron chi connectivity index (χ1n) is 6.25. The molecular weight excluding hydrogens is 237 g/mol. The Labute approximate surface area is 107 Å². The van der Waals surface area contributed by atoms with E-state index < -0.39 is 0 Å². The highest BCUT2D eigenvalue weighted by Gasteiger charge is 2.35. The second-order valence-corrected chi connectivity index (χ2v) is 5.73. The van der Waals surface area contributed by atoms with Crippen LogP contribution < -0.4 is 5.73 Å². The molecular formula is C14H19ClFN. The summed E-state index contributed by atoms with van der Waals surface area (Å²) in [6.07, 6.45) is 4.90. The molecule has 0 amide bonds. The Morgan fingerprint density at radius 3 is 2.94 bits per heavy atom. The van der Waals surface area contributed by atoms with E-state index in [1.807, 2.05) is 0 Å². The Bertz CT molecular complexity index is 407. The van der Waals surface area contributed by atoms with Crippen LogP contribution in [-0.4, -0.2) is 5.54 Å². The highest BCUT2D eigenvalue weighted by atomic mass is 35.5. The summed E-state index contributed by atoms with van der Waals surface area (Å²) in [4.78, 5) is 0. The average molecular weight is 256 g/mol. The molecule has 0 aromatic heterocycles. The zero-order valence-corrected chi connectivity index (χ0v) is 10.9. The van der Waals surface area contributed by atoms with Crippen molar-refractivity contribution in [2.45, 2.75) is 44.6 Å². The number of hydrogen-bond donors (Lipinski definition) is 1. The summed E-state index contributed by atoms with van der Waals surface area (Å²) in [5.74, 6) is 0.501. The fraction of sp³-hybridized carbons (Fsp3) is 0.571. The van der Waals surface area contributed by atoms with Gasteiger partial charge in [0.05, 0.1) is 0 Å². The lowest BCUT2D eigenvalue weighted by Crippen LogP contribution is -2.39. The van der Waals surface area contributed by atoms with E-state index in [1.54, 1.807) is 12.1 Å². The molecule has 1 fully saturated rings. The quantitative estimate of drug-likeness (QED) is 0.870. The summed E-state index contributed by atoms with van der Waals surface area (Å²) < 4.78 is 13.7. The molecule has 0 bridgehead atoms. The van der Waals surface area contributed by atoms with E-state index in [0.29, 0.717) is 22.9 Å². The van der Waals surface area contributed by atoms with Gasteiger partial charge in [0.2, 0.25) is 0 Å². The average Bonchev–Trinajstić information content (AvgIpc) is 2.66. The molecule has 2 unspecified atom stereocenters. The Morgan fingerprint density at radius 2 is 2.29 bits per heavy atom. The van der Waals surface area contributed by atoms with Gasteiger partial charge < -0.3 is 5.73 Å². The maximum Gasteiger partial charge on any atom is 0.126 e. The third-order valence-corrected chi connectivity index (χ3v) is 4.11. The zero-order chi connectivity index (χ0) is 12.5. The smallest absolute Gasteiger partial charge is 0.126 e. The van der Waals surface area contributed by atoms with Crippen molar-refractivity contribution in [1.29, 1.82) is 0 Å². The van der Waals surface area contributed by atoms with Gasteiger partial charge in [0.25, 0.3) is 0 Å². The van der Waals surface area contributed by atoms with Crippen molar-refractivity contribution in [3.05, 3.63) is 34.6 Å². The summed E-state index contributed by atoms with van der Waals surface area (Å²) >= 11 is 5.90.